The van der Waals surface area contributed by atoms with E-state index in [1.807, 2.05) is 6.92 Å². The van der Waals surface area contributed by atoms with E-state index in [0.717, 1.165) is 55.8 Å². The first-order valence-corrected chi connectivity index (χ1v) is 8.75. The van der Waals surface area contributed by atoms with E-state index in [9.17, 15) is 4.79 Å². The quantitative estimate of drug-likeness (QED) is 0.785. The van der Waals surface area contributed by atoms with Gasteiger partial charge in [-0.2, -0.15) is 5.10 Å². The van der Waals surface area contributed by atoms with Gasteiger partial charge in [0.25, 0.3) is 5.91 Å². The summed E-state index contributed by atoms with van der Waals surface area (Å²) in [7, 11) is 0. The van der Waals surface area contributed by atoms with Crippen LogP contribution in [0.1, 0.15) is 60.8 Å². The lowest BCUT2D eigenvalue weighted by molar-refractivity contribution is -0.0679. The summed E-state index contributed by atoms with van der Waals surface area (Å²) < 4.78 is 5.74. The molecule has 128 valence electrons. The molecule has 0 radical (unpaired) electrons. The van der Waals surface area contributed by atoms with Crippen LogP contribution in [0, 0.1) is 6.92 Å². The predicted molar refractivity (Wildman–Crippen MR) is 88.7 cm³/mol. The molecule has 1 aliphatic heterocycles. The Balaban J connectivity index is 1.44. The van der Waals surface area contributed by atoms with Crippen LogP contribution < -0.4 is 5.32 Å². The summed E-state index contributed by atoms with van der Waals surface area (Å²) in [5.41, 5.74) is 2.59. The van der Waals surface area contributed by atoms with Crippen molar-refractivity contribution in [1.82, 2.24) is 20.4 Å². The van der Waals surface area contributed by atoms with Crippen molar-refractivity contribution in [1.29, 1.82) is 0 Å². The predicted octanol–water partition coefficient (Wildman–Crippen LogP) is 1.82. The Morgan fingerprint density at radius 1 is 1.35 bits per heavy atom. The third-order valence-electron chi connectivity index (χ3n) is 4.60. The van der Waals surface area contributed by atoms with Crippen molar-refractivity contribution in [2.75, 3.05) is 26.2 Å². The minimum Gasteiger partial charge on any atom is -0.373 e. The smallest absolute Gasteiger partial charge is 0.255 e. The molecule has 0 unspecified atom stereocenters. The molecule has 1 amide bonds. The Hall–Kier alpha value is -1.40. The standard InChI is InChI=1S/C17H28N4O2/c1-11-9-21(10-12(2)23-11)8-4-7-18-17(22)15-13(3)19-20-16(15)14-5-6-14/h11-12,14H,4-10H2,1-3H3,(H,18,22)(H,19,20)/t11-,12+. The summed E-state index contributed by atoms with van der Waals surface area (Å²) >= 11 is 0. The summed E-state index contributed by atoms with van der Waals surface area (Å²) in [4.78, 5) is 14.9. The molecule has 0 spiro atoms. The highest BCUT2D eigenvalue weighted by Gasteiger charge is 2.31. The number of nitrogens with one attached hydrogen (secondary N) is 2. The molecule has 1 aliphatic carbocycles. The van der Waals surface area contributed by atoms with Crippen molar-refractivity contribution in [3.8, 4) is 0 Å². The number of amides is 1. The number of rotatable bonds is 6. The number of nitrogens with zero attached hydrogens (tertiary/aromatic N) is 2. The van der Waals surface area contributed by atoms with E-state index in [0.29, 0.717) is 24.7 Å². The number of hydrogen-bond acceptors (Lipinski definition) is 4. The summed E-state index contributed by atoms with van der Waals surface area (Å²) in [5.74, 6) is 0.499. The van der Waals surface area contributed by atoms with Crippen LogP contribution in [-0.4, -0.2) is 59.4 Å². The van der Waals surface area contributed by atoms with Crippen molar-refractivity contribution in [3.63, 3.8) is 0 Å². The van der Waals surface area contributed by atoms with Gasteiger partial charge in [-0.3, -0.25) is 14.8 Å². The first kappa shape index (κ1) is 16.5. The van der Waals surface area contributed by atoms with Gasteiger partial charge < -0.3 is 10.1 Å². The molecule has 0 bridgehead atoms. The molecule has 0 aromatic carbocycles. The van der Waals surface area contributed by atoms with E-state index in [1.165, 1.54) is 0 Å². The van der Waals surface area contributed by atoms with Crippen LogP contribution in [0.25, 0.3) is 0 Å². The topological polar surface area (TPSA) is 70.2 Å². The van der Waals surface area contributed by atoms with E-state index >= 15 is 0 Å². The van der Waals surface area contributed by atoms with Crippen molar-refractivity contribution >= 4 is 5.91 Å². The van der Waals surface area contributed by atoms with Gasteiger partial charge in [-0.25, -0.2) is 0 Å². The van der Waals surface area contributed by atoms with E-state index in [4.69, 9.17) is 4.74 Å². The van der Waals surface area contributed by atoms with E-state index in [1.54, 1.807) is 0 Å². The maximum Gasteiger partial charge on any atom is 0.255 e. The highest BCUT2D eigenvalue weighted by Crippen LogP contribution is 2.41. The van der Waals surface area contributed by atoms with Gasteiger partial charge in [-0.1, -0.05) is 0 Å². The average molecular weight is 320 g/mol. The minimum atomic E-state index is 0.0156. The van der Waals surface area contributed by atoms with Crippen LogP contribution in [0.5, 0.6) is 0 Å². The summed E-state index contributed by atoms with van der Waals surface area (Å²) in [6.07, 6.45) is 3.85. The maximum atomic E-state index is 12.4. The molecule has 1 aromatic heterocycles. The Morgan fingerprint density at radius 2 is 2.04 bits per heavy atom. The summed E-state index contributed by atoms with van der Waals surface area (Å²) in [6, 6.07) is 0. The number of aryl methyl sites for hydroxylation is 1. The highest BCUT2D eigenvalue weighted by molar-refractivity contribution is 5.96. The molecular formula is C17H28N4O2. The number of aromatic nitrogens is 2. The molecule has 2 heterocycles. The lowest BCUT2D eigenvalue weighted by Crippen LogP contribution is -2.46. The first-order chi connectivity index (χ1) is 11.0. The van der Waals surface area contributed by atoms with Gasteiger partial charge in [0.2, 0.25) is 0 Å². The molecule has 1 saturated heterocycles. The van der Waals surface area contributed by atoms with Crippen LogP contribution >= 0.6 is 0 Å². The van der Waals surface area contributed by atoms with Gasteiger partial charge in [0.05, 0.1) is 23.5 Å². The molecule has 2 fully saturated rings. The molecule has 2 atom stereocenters. The lowest BCUT2D eigenvalue weighted by atomic mass is 10.1. The van der Waals surface area contributed by atoms with Gasteiger partial charge in [0, 0.05) is 37.8 Å². The molecule has 23 heavy (non-hydrogen) atoms. The Morgan fingerprint density at radius 3 is 2.70 bits per heavy atom. The van der Waals surface area contributed by atoms with Gasteiger partial charge >= 0.3 is 0 Å². The fraction of sp³-hybridized carbons (Fsp3) is 0.765. The zero-order chi connectivity index (χ0) is 16.4. The molecule has 1 aromatic rings. The third-order valence-corrected chi connectivity index (χ3v) is 4.60. The van der Waals surface area contributed by atoms with Crippen LogP contribution in [0.2, 0.25) is 0 Å². The third kappa shape index (κ3) is 4.12. The SMILES string of the molecule is Cc1[nH]nc(C2CC2)c1C(=O)NCCCN1C[C@@H](C)O[C@@H](C)C1. The minimum absolute atomic E-state index is 0.0156. The van der Waals surface area contributed by atoms with Crippen LogP contribution in [0.4, 0.5) is 0 Å². The van der Waals surface area contributed by atoms with Crippen LogP contribution in [0.15, 0.2) is 0 Å². The number of hydrogen-bond donors (Lipinski definition) is 2. The molecule has 6 nitrogen and oxygen atoms in total. The molecule has 6 heteroatoms. The van der Waals surface area contributed by atoms with Gasteiger partial charge in [-0.15, -0.1) is 0 Å². The second kappa shape index (κ2) is 7.01. The fourth-order valence-electron chi connectivity index (χ4n) is 3.45. The highest BCUT2D eigenvalue weighted by atomic mass is 16.5. The lowest BCUT2D eigenvalue weighted by Gasteiger charge is -2.35. The van der Waals surface area contributed by atoms with Crippen LogP contribution in [-0.2, 0) is 4.74 Å². The Bertz CT molecular complexity index is 543. The van der Waals surface area contributed by atoms with Crippen molar-refractivity contribution in [2.24, 2.45) is 0 Å². The second-order valence-electron chi connectivity index (χ2n) is 7.01. The largest absolute Gasteiger partial charge is 0.373 e. The van der Waals surface area contributed by atoms with Gasteiger partial charge in [0.15, 0.2) is 0 Å². The number of carbonyl (C=O) groups excluding carboxylic acids is 1. The number of carbonyl (C=O) groups is 1. The first-order valence-electron chi connectivity index (χ1n) is 8.75. The Kier molecular flexibility index (Phi) is 5.02. The number of aromatic amines is 1. The van der Waals surface area contributed by atoms with Crippen molar-refractivity contribution in [3.05, 3.63) is 17.0 Å². The van der Waals surface area contributed by atoms with Gasteiger partial charge in [0.1, 0.15) is 0 Å². The van der Waals surface area contributed by atoms with E-state index < -0.39 is 0 Å². The van der Waals surface area contributed by atoms with Gasteiger partial charge in [-0.05, 0) is 40.0 Å². The van der Waals surface area contributed by atoms with E-state index in [-0.39, 0.29) is 5.91 Å². The fourth-order valence-corrected chi connectivity index (χ4v) is 3.45. The summed E-state index contributed by atoms with van der Waals surface area (Å²) in [6.45, 7) is 9.81. The average Bonchev–Trinajstić information content (AvgIpc) is 3.25. The number of H-pyrrole nitrogens is 1. The molecule has 2 aliphatic rings. The van der Waals surface area contributed by atoms with E-state index in [2.05, 4.69) is 34.3 Å². The molecule has 2 N–H and O–H groups in total. The van der Waals surface area contributed by atoms with Crippen LogP contribution in [0.3, 0.4) is 0 Å². The normalized spacial score (nSPS) is 25.5. The molecule has 3 rings (SSSR count). The second-order valence-corrected chi connectivity index (χ2v) is 7.01. The van der Waals surface area contributed by atoms with Crippen molar-refractivity contribution < 1.29 is 9.53 Å². The zero-order valence-electron chi connectivity index (χ0n) is 14.4. The monoisotopic (exact) mass is 320 g/mol. The molecule has 1 saturated carbocycles. The van der Waals surface area contributed by atoms with Crippen molar-refractivity contribution in [2.45, 2.75) is 58.2 Å². The summed E-state index contributed by atoms with van der Waals surface area (Å²) in [5, 5.41) is 10.3. The Labute approximate surface area is 138 Å². The zero-order valence-corrected chi connectivity index (χ0v) is 14.4. The number of morpholine rings is 1. The number of ether oxygens (including phenoxy) is 1. The maximum absolute atomic E-state index is 12.4. The molecular weight excluding hydrogens is 292 g/mol.